The van der Waals surface area contributed by atoms with E-state index in [9.17, 15) is 13.6 Å². The van der Waals surface area contributed by atoms with E-state index < -0.39 is 17.4 Å². The Balaban J connectivity index is 2.93. The molecule has 0 aliphatic heterocycles. The lowest BCUT2D eigenvalue weighted by Crippen LogP contribution is -2.11. The van der Waals surface area contributed by atoms with Crippen LogP contribution in [0.3, 0.4) is 0 Å². The number of ketones is 1. The molecule has 1 nitrogen and oxygen atoms in total. The fraction of sp³-hybridized carbons (Fsp3) is 0.500. The predicted molar refractivity (Wildman–Crippen MR) is 64.1 cm³/mol. The number of carbonyl (C=O) groups is 1. The normalized spacial score (nSPS) is 12.5. The second kappa shape index (κ2) is 5.89. The molecule has 1 aromatic rings. The van der Waals surface area contributed by atoms with Crippen LogP contribution in [0.15, 0.2) is 12.1 Å². The summed E-state index contributed by atoms with van der Waals surface area (Å²) in [6, 6.07) is 2.49. The summed E-state index contributed by atoms with van der Waals surface area (Å²) in [5.74, 6) is -1.77. The molecule has 3 heteroatoms. The van der Waals surface area contributed by atoms with Crippen LogP contribution in [-0.2, 0) is 0 Å². The van der Waals surface area contributed by atoms with Crippen molar-refractivity contribution >= 4 is 5.78 Å². The molecule has 17 heavy (non-hydrogen) atoms. The first-order valence-corrected chi connectivity index (χ1v) is 5.95. The Morgan fingerprint density at radius 3 is 2.59 bits per heavy atom. The number of benzene rings is 1. The average Bonchev–Trinajstić information content (AvgIpc) is 2.24. The Kier molecular flexibility index (Phi) is 4.79. The van der Waals surface area contributed by atoms with E-state index in [0.29, 0.717) is 5.56 Å². The lowest BCUT2D eigenvalue weighted by molar-refractivity contribution is 0.0954. The third-order valence-corrected chi connectivity index (χ3v) is 2.88. The Labute approximate surface area is 101 Å². The largest absolute Gasteiger partial charge is 0.294 e. The minimum absolute atomic E-state index is 0.159. The van der Waals surface area contributed by atoms with Crippen LogP contribution in [0.4, 0.5) is 8.78 Å². The summed E-state index contributed by atoms with van der Waals surface area (Å²) in [4.78, 5) is 11.8. The van der Waals surface area contributed by atoms with Gasteiger partial charge in [0.05, 0.1) is 5.56 Å². The Hall–Kier alpha value is -1.25. The zero-order valence-electron chi connectivity index (χ0n) is 10.5. The highest BCUT2D eigenvalue weighted by atomic mass is 19.1. The van der Waals surface area contributed by atoms with Crippen molar-refractivity contribution in [3.05, 3.63) is 34.9 Å². The number of carbonyl (C=O) groups excluding carboxylic acids is 1. The second-order valence-electron chi connectivity index (χ2n) is 4.57. The van der Waals surface area contributed by atoms with Crippen molar-refractivity contribution in [1.29, 1.82) is 0 Å². The monoisotopic (exact) mass is 240 g/mol. The minimum atomic E-state index is -0.762. The minimum Gasteiger partial charge on any atom is -0.294 e. The Bertz CT molecular complexity index is 413. The highest BCUT2D eigenvalue weighted by Gasteiger charge is 2.20. The third kappa shape index (κ3) is 3.35. The molecule has 0 spiro atoms. The molecule has 0 heterocycles. The molecule has 0 N–H and O–H groups in total. The van der Waals surface area contributed by atoms with E-state index in [-0.39, 0.29) is 17.9 Å². The number of Topliss-reactive ketones (excluding diaryl/α,β-unsaturated/α-hetero) is 1. The van der Waals surface area contributed by atoms with E-state index in [1.165, 1.54) is 13.0 Å². The molecule has 0 aliphatic carbocycles. The highest BCUT2D eigenvalue weighted by molar-refractivity contribution is 5.96. The standard InChI is InChI=1S/C14H18F2O/c1-4-5-9(2)8-12(17)13-11(15)7-6-10(3)14(13)16/h6-7,9H,4-5,8H2,1-3H3. The molecular weight excluding hydrogens is 222 g/mol. The summed E-state index contributed by atoms with van der Waals surface area (Å²) in [5.41, 5.74) is -0.0779. The van der Waals surface area contributed by atoms with Gasteiger partial charge < -0.3 is 0 Å². The van der Waals surface area contributed by atoms with Crippen molar-refractivity contribution in [1.82, 2.24) is 0 Å². The molecule has 0 fully saturated rings. The zero-order chi connectivity index (χ0) is 13.0. The summed E-state index contributed by atoms with van der Waals surface area (Å²) >= 11 is 0. The zero-order valence-corrected chi connectivity index (χ0v) is 10.5. The molecule has 0 bridgehead atoms. The quantitative estimate of drug-likeness (QED) is 0.702. The van der Waals surface area contributed by atoms with Crippen LogP contribution in [0.5, 0.6) is 0 Å². The molecule has 0 saturated carbocycles. The maximum Gasteiger partial charge on any atom is 0.169 e. The van der Waals surface area contributed by atoms with Gasteiger partial charge in [-0.05, 0) is 24.5 Å². The summed E-state index contributed by atoms with van der Waals surface area (Å²) < 4.78 is 27.1. The van der Waals surface area contributed by atoms with Crippen LogP contribution < -0.4 is 0 Å². The van der Waals surface area contributed by atoms with Crippen LogP contribution in [0.1, 0.15) is 49.0 Å². The number of hydrogen-bond acceptors (Lipinski definition) is 1. The lowest BCUT2D eigenvalue weighted by Gasteiger charge is -2.10. The number of rotatable bonds is 5. The molecule has 0 aliphatic rings. The fourth-order valence-electron chi connectivity index (χ4n) is 1.93. The van der Waals surface area contributed by atoms with Crippen LogP contribution in [-0.4, -0.2) is 5.78 Å². The molecule has 1 aromatic carbocycles. The molecule has 1 unspecified atom stereocenters. The van der Waals surface area contributed by atoms with Crippen molar-refractivity contribution in [2.75, 3.05) is 0 Å². The van der Waals surface area contributed by atoms with Crippen molar-refractivity contribution < 1.29 is 13.6 Å². The van der Waals surface area contributed by atoms with Gasteiger partial charge >= 0.3 is 0 Å². The van der Waals surface area contributed by atoms with E-state index in [2.05, 4.69) is 0 Å². The first kappa shape index (κ1) is 13.8. The van der Waals surface area contributed by atoms with Gasteiger partial charge in [0.1, 0.15) is 11.6 Å². The van der Waals surface area contributed by atoms with Gasteiger partial charge in [-0.25, -0.2) is 8.78 Å². The van der Waals surface area contributed by atoms with Gasteiger partial charge in [0.15, 0.2) is 5.78 Å². The van der Waals surface area contributed by atoms with Crippen LogP contribution in [0.25, 0.3) is 0 Å². The fourth-order valence-corrected chi connectivity index (χ4v) is 1.93. The van der Waals surface area contributed by atoms with E-state index >= 15 is 0 Å². The number of halogens is 2. The van der Waals surface area contributed by atoms with Gasteiger partial charge in [0.2, 0.25) is 0 Å². The molecule has 0 radical (unpaired) electrons. The lowest BCUT2D eigenvalue weighted by atomic mass is 9.95. The SMILES string of the molecule is CCCC(C)CC(=O)c1c(F)ccc(C)c1F. The van der Waals surface area contributed by atoms with Gasteiger partial charge in [-0.15, -0.1) is 0 Å². The first-order chi connectivity index (χ1) is 7.97. The van der Waals surface area contributed by atoms with Crippen LogP contribution in [0, 0.1) is 24.5 Å². The van der Waals surface area contributed by atoms with Crippen LogP contribution in [0.2, 0.25) is 0 Å². The number of hydrogen-bond donors (Lipinski definition) is 0. The smallest absolute Gasteiger partial charge is 0.169 e. The van der Waals surface area contributed by atoms with E-state index in [4.69, 9.17) is 0 Å². The number of aryl methyl sites for hydroxylation is 1. The molecule has 0 aromatic heterocycles. The van der Waals surface area contributed by atoms with Crippen molar-refractivity contribution in [3.8, 4) is 0 Å². The molecule has 0 saturated heterocycles. The van der Waals surface area contributed by atoms with Gasteiger partial charge in [-0.2, -0.15) is 0 Å². The van der Waals surface area contributed by atoms with Crippen molar-refractivity contribution in [2.45, 2.75) is 40.0 Å². The van der Waals surface area contributed by atoms with Crippen molar-refractivity contribution in [3.63, 3.8) is 0 Å². The molecule has 1 atom stereocenters. The summed E-state index contributed by atoms with van der Waals surface area (Å²) in [7, 11) is 0. The van der Waals surface area contributed by atoms with E-state index in [1.807, 2.05) is 13.8 Å². The average molecular weight is 240 g/mol. The van der Waals surface area contributed by atoms with Gasteiger partial charge in [0, 0.05) is 6.42 Å². The van der Waals surface area contributed by atoms with Crippen LogP contribution >= 0.6 is 0 Å². The first-order valence-electron chi connectivity index (χ1n) is 5.95. The maximum atomic E-state index is 13.7. The molecule has 94 valence electrons. The highest BCUT2D eigenvalue weighted by Crippen LogP contribution is 2.21. The van der Waals surface area contributed by atoms with Crippen molar-refractivity contribution in [2.24, 2.45) is 5.92 Å². The van der Waals surface area contributed by atoms with E-state index in [0.717, 1.165) is 18.9 Å². The molecular formula is C14H18F2O. The second-order valence-corrected chi connectivity index (χ2v) is 4.57. The van der Waals surface area contributed by atoms with Gasteiger partial charge in [-0.3, -0.25) is 4.79 Å². The summed E-state index contributed by atoms with van der Waals surface area (Å²) in [6.45, 7) is 5.48. The van der Waals surface area contributed by atoms with Gasteiger partial charge in [0.25, 0.3) is 0 Å². The Morgan fingerprint density at radius 1 is 1.35 bits per heavy atom. The maximum absolute atomic E-state index is 13.7. The van der Waals surface area contributed by atoms with E-state index in [1.54, 1.807) is 0 Å². The topological polar surface area (TPSA) is 17.1 Å². The molecule has 0 amide bonds. The summed E-state index contributed by atoms with van der Waals surface area (Å²) in [5, 5.41) is 0. The third-order valence-electron chi connectivity index (χ3n) is 2.88. The summed E-state index contributed by atoms with van der Waals surface area (Å²) in [6.07, 6.45) is 2.05. The molecule has 1 rings (SSSR count). The Morgan fingerprint density at radius 2 is 2.00 bits per heavy atom. The van der Waals surface area contributed by atoms with Gasteiger partial charge in [-0.1, -0.05) is 32.8 Å². The predicted octanol–water partition coefficient (Wildman–Crippen LogP) is 4.28.